The summed E-state index contributed by atoms with van der Waals surface area (Å²) >= 11 is 0. The highest BCUT2D eigenvalue weighted by molar-refractivity contribution is 6.46. The number of likely N-dealkylation sites (tertiary alicyclic amines) is 1. The number of aliphatic hydroxyl groups is 1. The number of Topliss-reactive ketones (excluding diaryl/α,β-unsaturated/α-hetero) is 1. The Morgan fingerprint density at radius 3 is 2.50 bits per heavy atom. The highest BCUT2D eigenvalue weighted by Gasteiger charge is 2.47. The van der Waals surface area contributed by atoms with Crippen LogP contribution in [0.1, 0.15) is 29.7 Å². The number of aromatic amines is 1. The summed E-state index contributed by atoms with van der Waals surface area (Å²) in [7, 11) is 0. The van der Waals surface area contributed by atoms with Gasteiger partial charge in [-0.05, 0) is 55.3 Å². The fourth-order valence-corrected chi connectivity index (χ4v) is 4.93. The van der Waals surface area contributed by atoms with Crippen molar-refractivity contribution in [1.82, 2.24) is 9.88 Å². The molecule has 9 heteroatoms. The molecule has 5 rings (SSSR count). The van der Waals surface area contributed by atoms with Crippen molar-refractivity contribution in [3.63, 3.8) is 0 Å². The molecule has 3 aromatic carbocycles. The Labute approximate surface area is 218 Å². The first-order valence-electron chi connectivity index (χ1n) is 12.2. The lowest BCUT2D eigenvalue weighted by atomic mass is 9.94. The van der Waals surface area contributed by atoms with E-state index in [1.807, 2.05) is 37.4 Å². The number of carbonyl (C=O) groups excluding carboxylic acids is 2. The first kappa shape index (κ1) is 24.8. The fraction of sp³-hybridized carbons (Fsp3) is 0.172. The van der Waals surface area contributed by atoms with Crippen LogP contribution in [0.15, 0.2) is 84.6 Å². The fourth-order valence-electron chi connectivity index (χ4n) is 4.93. The summed E-state index contributed by atoms with van der Waals surface area (Å²) in [4.78, 5) is 42.5. The van der Waals surface area contributed by atoms with E-state index in [0.29, 0.717) is 24.3 Å². The van der Waals surface area contributed by atoms with Crippen LogP contribution in [0.4, 0.5) is 5.69 Å². The van der Waals surface area contributed by atoms with Crippen LogP contribution in [0.2, 0.25) is 0 Å². The minimum Gasteiger partial charge on any atom is -0.507 e. The molecule has 9 nitrogen and oxygen atoms in total. The number of nitrogens with one attached hydrogen (secondary N) is 1. The van der Waals surface area contributed by atoms with Gasteiger partial charge in [0.2, 0.25) is 0 Å². The van der Waals surface area contributed by atoms with Gasteiger partial charge in [0.1, 0.15) is 11.5 Å². The van der Waals surface area contributed by atoms with Gasteiger partial charge in [0.05, 0.1) is 28.7 Å². The zero-order valence-corrected chi connectivity index (χ0v) is 20.6. The molecule has 2 heterocycles. The predicted octanol–water partition coefficient (Wildman–Crippen LogP) is 5.14. The molecule has 1 atom stereocenters. The molecule has 1 aromatic heterocycles. The van der Waals surface area contributed by atoms with Crippen molar-refractivity contribution in [2.75, 3.05) is 13.2 Å². The molecule has 4 aromatic rings. The van der Waals surface area contributed by atoms with Crippen LogP contribution in [0.3, 0.4) is 0 Å². The van der Waals surface area contributed by atoms with Crippen molar-refractivity contribution in [3.8, 4) is 5.75 Å². The largest absolute Gasteiger partial charge is 0.507 e. The Balaban J connectivity index is 1.59. The predicted molar refractivity (Wildman–Crippen MR) is 142 cm³/mol. The second-order valence-corrected chi connectivity index (χ2v) is 8.88. The van der Waals surface area contributed by atoms with E-state index in [4.69, 9.17) is 4.74 Å². The van der Waals surface area contributed by atoms with E-state index in [9.17, 15) is 24.8 Å². The van der Waals surface area contributed by atoms with Gasteiger partial charge in [-0.15, -0.1) is 0 Å². The van der Waals surface area contributed by atoms with Crippen LogP contribution in [-0.2, 0) is 16.0 Å². The molecule has 1 unspecified atom stereocenters. The van der Waals surface area contributed by atoms with Crippen molar-refractivity contribution in [1.29, 1.82) is 0 Å². The van der Waals surface area contributed by atoms with Gasteiger partial charge in [0.25, 0.3) is 17.4 Å². The Kier molecular flexibility index (Phi) is 6.66. The van der Waals surface area contributed by atoms with E-state index in [2.05, 4.69) is 4.98 Å². The van der Waals surface area contributed by atoms with E-state index >= 15 is 0 Å². The number of nitro groups is 1. The number of nitrogens with zero attached hydrogens (tertiary/aromatic N) is 2. The van der Waals surface area contributed by atoms with Gasteiger partial charge in [-0.1, -0.05) is 30.3 Å². The van der Waals surface area contributed by atoms with Gasteiger partial charge in [-0.2, -0.15) is 0 Å². The molecule has 38 heavy (non-hydrogen) atoms. The standard InChI is InChI=1S/C29H25N3O6/c1-2-38-20-13-11-18(12-14-20)27(33)25-26(22-8-4-6-10-24(22)32(36)37)31(29(35)28(25)34)16-15-19-17-30-23-9-5-3-7-21(19)23/h3-14,17,26,30,33H,2,15-16H2,1H3/b27-25-. The molecule has 0 aliphatic carbocycles. The van der Waals surface area contributed by atoms with Gasteiger partial charge in [-0.25, -0.2) is 0 Å². The number of hydrogen-bond acceptors (Lipinski definition) is 6. The van der Waals surface area contributed by atoms with Crippen molar-refractivity contribution in [3.05, 3.63) is 111 Å². The summed E-state index contributed by atoms with van der Waals surface area (Å²) in [6.07, 6.45) is 2.25. The smallest absolute Gasteiger partial charge is 0.295 e. The molecule has 0 saturated carbocycles. The topological polar surface area (TPSA) is 126 Å². The average Bonchev–Trinajstić information content (AvgIpc) is 3.45. The maximum absolute atomic E-state index is 13.3. The third-order valence-corrected chi connectivity index (χ3v) is 6.70. The zero-order chi connectivity index (χ0) is 26.8. The number of para-hydroxylation sites is 2. The normalized spacial score (nSPS) is 16.8. The molecular formula is C29H25N3O6. The van der Waals surface area contributed by atoms with Gasteiger partial charge in [0, 0.05) is 35.3 Å². The Hall–Kier alpha value is -4.92. The Morgan fingerprint density at radius 1 is 1.05 bits per heavy atom. The summed E-state index contributed by atoms with van der Waals surface area (Å²) in [6, 6.07) is 19.0. The number of nitro benzene ring substituents is 1. The Morgan fingerprint density at radius 2 is 1.76 bits per heavy atom. The number of H-pyrrole nitrogens is 1. The first-order valence-corrected chi connectivity index (χ1v) is 12.2. The maximum atomic E-state index is 13.3. The lowest BCUT2D eigenvalue weighted by Crippen LogP contribution is -2.32. The molecule has 1 amide bonds. The molecule has 1 saturated heterocycles. The SMILES string of the molecule is CCOc1ccc(/C(O)=C2/C(=O)C(=O)N(CCc3c[nH]c4ccccc34)C2c2ccccc2[N+](=O)[O-])cc1. The number of ketones is 1. The molecule has 1 aliphatic heterocycles. The van der Waals surface area contributed by atoms with E-state index < -0.39 is 28.4 Å². The van der Waals surface area contributed by atoms with Gasteiger partial charge in [0.15, 0.2) is 0 Å². The third-order valence-electron chi connectivity index (χ3n) is 6.70. The van der Waals surface area contributed by atoms with Crippen molar-refractivity contribution in [2.24, 2.45) is 0 Å². The highest BCUT2D eigenvalue weighted by Crippen LogP contribution is 2.42. The minimum atomic E-state index is -1.13. The van der Waals surface area contributed by atoms with Crippen molar-refractivity contribution < 1.29 is 24.4 Å². The summed E-state index contributed by atoms with van der Waals surface area (Å²) in [5.74, 6) is -1.53. The number of hydrogen-bond donors (Lipinski definition) is 2. The maximum Gasteiger partial charge on any atom is 0.295 e. The van der Waals surface area contributed by atoms with Crippen molar-refractivity contribution >= 4 is 34.0 Å². The number of fused-ring (bicyclic) bond motifs is 1. The number of ether oxygens (including phenoxy) is 1. The molecule has 1 aliphatic rings. The molecule has 1 fully saturated rings. The van der Waals surface area contributed by atoms with E-state index in [1.165, 1.54) is 23.1 Å². The monoisotopic (exact) mass is 511 g/mol. The quantitative estimate of drug-likeness (QED) is 0.111. The van der Waals surface area contributed by atoms with Crippen LogP contribution in [0.25, 0.3) is 16.7 Å². The highest BCUT2D eigenvalue weighted by atomic mass is 16.6. The van der Waals surface area contributed by atoms with Crippen LogP contribution in [-0.4, -0.2) is 44.8 Å². The summed E-state index contributed by atoms with van der Waals surface area (Å²) in [6.45, 7) is 2.42. The number of aromatic nitrogens is 1. The average molecular weight is 512 g/mol. The summed E-state index contributed by atoms with van der Waals surface area (Å²) < 4.78 is 5.45. The van der Waals surface area contributed by atoms with E-state index in [1.54, 1.807) is 30.3 Å². The zero-order valence-electron chi connectivity index (χ0n) is 20.6. The summed E-state index contributed by atoms with van der Waals surface area (Å²) in [5.41, 5.74) is 1.90. The number of aliphatic hydroxyl groups excluding tert-OH is 1. The minimum absolute atomic E-state index is 0.114. The molecule has 192 valence electrons. The molecule has 0 bridgehead atoms. The van der Waals surface area contributed by atoms with Crippen LogP contribution in [0, 0.1) is 10.1 Å². The number of benzene rings is 3. The second-order valence-electron chi connectivity index (χ2n) is 8.88. The first-order chi connectivity index (χ1) is 18.4. The van der Waals surface area contributed by atoms with Crippen LogP contribution < -0.4 is 4.74 Å². The molecule has 0 spiro atoms. The van der Waals surface area contributed by atoms with Gasteiger partial charge < -0.3 is 19.7 Å². The van der Waals surface area contributed by atoms with Crippen molar-refractivity contribution in [2.45, 2.75) is 19.4 Å². The Bertz CT molecular complexity index is 1570. The van der Waals surface area contributed by atoms with Gasteiger partial charge >= 0.3 is 0 Å². The van der Waals surface area contributed by atoms with Crippen LogP contribution in [0.5, 0.6) is 5.75 Å². The third kappa shape index (κ3) is 4.39. The number of rotatable bonds is 8. The van der Waals surface area contributed by atoms with Gasteiger partial charge in [-0.3, -0.25) is 19.7 Å². The lowest BCUT2D eigenvalue weighted by Gasteiger charge is -2.25. The van der Waals surface area contributed by atoms with E-state index in [0.717, 1.165) is 16.5 Å². The van der Waals surface area contributed by atoms with E-state index in [-0.39, 0.29) is 23.4 Å². The second kappa shape index (κ2) is 10.2. The number of carbonyl (C=O) groups is 2. The molecular weight excluding hydrogens is 486 g/mol. The molecule has 2 N–H and O–H groups in total. The molecule has 0 radical (unpaired) electrons. The lowest BCUT2D eigenvalue weighted by molar-refractivity contribution is -0.385. The summed E-state index contributed by atoms with van der Waals surface area (Å²) in [5, 5.41) is 24.2. The number of amides is 1. The van der Waals surface area contributed by atoms with Crippen LogP contribution >= 0.6 is 0 Å².